The molecular formula is C26H27F3N2O4. The molecule has 0 aliphatic rings. The number of benzene rings is 2. The van der Waals surface area contributed by atoms with Gasteiger partial charge in [-0.1, -0.05) is 18.2 Å². The lowest BCUT2D eigenvalue weighted by molar-refractivity contribution is -0.143. The van der Waals surface area contributed by atoms with E-state index in [2.05, 4.69) is 4.98 Å². The average Bonchev–Trinajstić information content (AvgIpc) is 2.83. The van der Waals surface area contributed by atoms with Gasteiger partial charge >= 0.3 is 12.1 Å². The van der Waals surface area contributed by atoms with E-state index in [0.717, 1.165) is 28.9 Å². The topological polar surface area (TPSA) is 60.9 Å². The number of aryl methyl sites for hydroxylation is 1. The third kappa shape index (κ3) is 7.37. The second-order valence-electron chi connectivity index (χ2n) is 7.80. The Labute approximate surface area is 202 Å². The normalized spacial score (nSPS) is 11.1. The van der Waals surface area contributed by atoms with Crippen LogP contribution in [0.25, 0.3) is 0 Å². The van der Waals surface area contributed by atoms with Gasteiger partial charge in [0.2, 0.25) is 5.88 Å². The van der Waals surface area contributed by atoms with Crippen molar-refractivity contribution in [2.24, 2.45) is 0 Å². The van der Waals surface area contributed by atoms with E-state index in [1.54, 1.807) is 31.3 Å². The first-order valence-corrected chi connectivity index (χ1v) is 11.0. The number of rotatable bonds is 10. The number of hydrogen-bond donors (Lipinski definition) is 0. The second-order valence-corrected chi connectivity index (χ2v) is 7.80. The number of esters is 1. The summed E-state index contributed by atoms with van der Waals surface area (Å²) >= 11 is 0. The van der Waals surface area contributed by atoms with E-state index in [9.17, 15) is 18.0 Å². The highest BCUT2D eigenvalue weighted by molar-refractivity contribution is 5.69. The maximum absolute atomic E-state index is 12.7. The molecule has 0 saturated heterocycles. The number of methoxy groups -OCH3 is 1. The Kier molecular flexibility index (Phi) is 8.57. The van der Waals surface area contributed by atoms with Crippen LogP contribution >= 0.6 is 0 Å². The fourth-order valence-corrected chi connectivity index (χ4v) is 3.37. The molecule has 0 radical (unpaired) electrons. The Morgan fingerprint density at radius 2 is 1.71 bits per heavy atom. The number of carbonyl (C=O) groups is 1. The van der Waals surface area contributed by atoms with Crippen LogP contribution < -0.4 is 14.4 Å². The highest BCUT2D eigenvalue weighted by atomic mass is 19.4. The van der Waals surface area contributed by atoms with Crippen LogP contribution in [0.3, 0.4) is 0 Å². The van der Waals surface area contributed by atoms with Gasteiger partial charge in [0, 0.05) is 26.1 Å². The zero-order valence-corrected chi connectivity index (χ0v) is 19.8. The Morgan fingerprint density at radius 3 is 2.31 bits per heavy atom. The summed E-state index contributed by atoms with van der Waals surface area (Å²) in [5, 5.41) is 0. The molecular weight excluding hydrogens is 461 g/mol. The molecule has 3 aromatic rings. The summed E-state index contributed by atoms with van der Waals surface area (Å²) < 4.78 is 54.5. The first-order valence-electron chi connectivity index (χ1n) is 11.0. The molecule has 0 bridgehead atoms. The molecule has 6 nitrogen and oxygen atoms in total. The molecule has 186 valence electrons. The highest BCUT2D eigenvalue weighted by Crippen LogP contribution is 2.33. The van der Waals surface area contributed by atoms with Crippen LogP contribution in [-0.2, 0) is 28.7 Å². The van der Waals surface area contributed by atoms with E-state index < -0.39 is 11.7 Å². The molecule has 0 saturated carbocycles. The molecule has 0 unspecified atom stereocenters. The van der Waals surface area contributed by atoms with Crippen molar-refractivity contribution in [3.8, 4) is 17.4 Å². The first kappa shape index (κ1) is 25.9. The van der Waals surface area contributed by atoms with E-state index in [1.807, 2.05) is 24.1 Å². The third-order valence-electron chi connectivity index (χ3n) is 5.23. The predicted molar refractivity (Wildman–Crippen MR) is 126 cm³/mol. The van der Waals surface area contributed by atoms with Crippen molar-refractivity contribution >= 4 is 11.7 Å². The number of anilines is 1. The van der Waals surface area contributed by atoms with Gasteiger partial charge in [-0.05, 0) is 54.8 Å². The minimum Gasteiger partial charge on any atom is -0.493 e. The molecule has 2 aromatic carbocycles. The lowest BCUT2D eigenvalue weighted by Crippen LogP contribution is -2.16. The van der Waals surface area contributed by atoms with Crippen molar-refractivity contribution in [1.29, 1.82) is 0 Å². The summed E-state index contributed by atoms with van der Waals surface area (Å²) in [4.78, 5) is 17.8. The van der Waals surface area contributed by atoms with Crippen LogP contribution in [0.15, 0.2) is 60.8 Å². The lowest BCUT2D eigenvalue weighted by atomic mass is 10.1. The Morgan fingerprint density at radius 1 is 1.00 bits per heavy atom. The highest BCUT2D eigenvalue weighted by Gasteiger charge is 2.29. The van der Waals surface area contributed by atoms with Gasteiger partial charge in [0.1, 0.15) is 0 Å². The van der Waals surface area contributed by atoms with Gasteiger partial charge in [0.15, 0.2) is 11.5 Å². The largest absolute Gasteiger partial charge is 0.493 e. The summed E-state index contributed by atoms with van der Waals surface area (Å²) in [5.74, 6) is 1.09. The fourth-order valence-electron chi connectivity index (χ4n) is 3.37. The van der Waals surface area contributed by atoms with E-state index in [-0.39, 0.29) is 12.4 Å². The van der Waals surface area contributed by atoms with Crippen LogP contribution in [-0.4, -0.2) is 31.7 Å². The third-order valence-corrected chi connectivity index (χ3v) is 5.23. The Bertz CT molecular complexity index is 1120. The zero-order chi connectivity index (χ0) is 25.4. The van der Waals surface area contributed by atoms with Crippen LogP contribution in [0.5, 0.6) is 17.4 Å². The average molecular weight is 489 g/mol. The number of ether oxygens (including phenoxy) is 3. The molecule has 1 aromatic heterocycles. The van der Waals surface area contributed by atoms with Crippen molar-refractivity contribution in [3.05, 3.63) is 77.5 Å². The number of alkyl halides is 3. The number of carbonyl (C=O) groups excluding carboxylic acids is 1. The second kappa shape index (κ2) is 11.6. The van der Waals surface area contributed by atoms with Gasteiger partial charge in [-0.2, -0.15) is 13.2 Å². The number of nitrogens with zero attached hydrogens (tertiary/aromatic N) is 2. The van der Waals surface area contributed by atoms with E-state index in [4.69, 9.17) is 14.2 Å². The fraction of sp³-hybridized carbons (Fsp3) is 0.308. The SMILES string of the molecule is CCOC(=O)CCc1ccc(Oc2ccc(N(C)Cc3ccc(C(F)(F)F)cc3)cn2)c(OC)c1. The Balaban J connectivity index is 1.61. The minimum absolute atomic E-state index is 0.251. The van der Waals surface area contributed by atoms with Gasteiger partial charge in [0.05, 0.1) is 31.2 Å². The summed E-state index contributed by atoms with van der Waals surface area (Å²) in [6.07, 6.45) is -1.93. The number of hydrogen-bond acceptors (Lipinski definition) is 6. The van der Waals surface area contributed by atoms with Gasteiger partial charge in [-0.3, -0.25) is 4.79 Å². The molecule has 9 heteroatoms. The number of pyridine rings is 1. The van der Waals surface area contributed by atoms with Crippen molar-refractivity contribution in [2.45, 2.75) is 32.5 Å². The summed E-state index contributed by atoms with van der Waals surface area (Å²) in [5.41, 5.74) is 1.76. The molecule has 1 heterocycles. The summed E-state index contributed by atoms with van der Waals surface area (Å²) in [6.45, 7) is 2.54. The van der Waals surface area contributed by atoms with Crippen LogP contribution in [0, 0.1) is 0 Å². The van der Waals surface area contributed by atoms with Crippen LogP contribution in [0.2, 0.25) is 0 Å². The quantitative estimate of drug-likeness (QED) is 0.325. The molecule has 0 atom stereocenters. The van der Waals surface area contributed by atoms with Gasteiger partial charge in [0.25, 0.3) is 0 Å². The van der Waals surface area contributed by atoms with E-state index in [0.29, 0.717) is 37.0 Å². The summed E-state index contributed by atoms with van der Waals surface area (Å²) in [6, 6.07) is 14.0. The smallest absolute Gasteiger partial charge is 0.416 e. The molecule has 0 aliphatic heterocycles. The van der Waals surface area contributed by atoms with Crippen LogP contribution in [0.1, 0.15) is 30.0 Å². The molecule has 0 fully saturated rings. The standard InChI is InChI=1S/C26H27F3N2O4/c1-4-34-25(32)14-8-18-7-12-22(23(15-18)33-3)35-24-13-11-21(16-30-24)31(2)17-19-5-9-20(10-6-19)26(27,28)29/h5-7,9-13,15-16H,4,8,14,17H2,1-3H3. The van der Waals surface area contributed by atoms with Crippen molar-refractivity contribution in [3.63, 3.8) is 0 Å². The van der Waals surface area contributed by atoms with Gasteiger partial charge < -0.3 is 19.1 Å². The number of halogens is 3. The van der Waals surface area contributed by atoms with Crippen molar-refractivity contribution in [2.75, 3.05) is 25.7 Å². The first-order chi connectivity index (χ1) is 16.7. The predicted octanol–water partition coefficient (Wildman–Crippen LogP) is 6.03. The van der Waals surface area contributed by atoms with E-state index >= 15 is 0 Å². The molecule has 3 rings (SSSR count). The van der Waals surface area contributed by atoms with Crippen molar-refractivity contribution in [1.82, 2.24) is 4.98 Å². The van der Waals surface area contributed by atoms with Gasteiger partial charge in [-0.25, -0.2) is 4.98 Å². The van der Waals surface area contributed by atoms with Crippen molar-refractivity contribution < 1.29 is 32.2 Å². The molecule has 0 aliphatic carbocycles. The maximum atomic E-state index is 12.7. The molecule has 0 spiro atoms. The Hall–Kier alpha value is -3.75. The minimum atomic E-state index is -4.35. The van der Waals surface area contributed by atoms with Gasteiger partial charge in [-0.15, -0.1) is 0 Å². The molecule has 0 N–H and O–H groups in total. The lowest BCUT2D eigenvalue weighted by Gasteiger charge is -2.20. The van der Waals surface area contributed by atoms with Crippen LogP contribution in [0.4, 0.5) is 18.9 Å². The zero-order valence-electron chi connectivity index (χ0n) is 19.8. The van der Waals surface area contributed by atoms with E-state index in [1.165, 1.54) is 19.2 Å². The molecule has 0 amide bonds. The summed E-state index contributed by atoms with van der Waals surface area (Å²) in [7, 11) is 3.36. The monoisotopic (exact) mass is 488 g/mol. The number of aromatic nitrogens is 1. The maximum Gasteiger partial charge on any atom is 0.416 e. The molecule has 35 heavy (non-hydrogen) atoms.